The predicted octanol–water partition coefficient (Wildman–Crippen LogP) is 15.1. The van der Waals surface area contributed by atoms with Crippen LogP contribution in [0.5, 0.6) is 0 Å². The van der Waals surface area contributed by atoms with Crippen molar-refractivity contribution >= 4 is 11.8 Å². The van der Waals surface area contributed by atoms with Crippen LogP contribution in [0.3, 0.4) is 0 Å². The van der Waals surface area contributed by atoms with Gasteiger partial charge in [-0.2, -0.15) is 0 Å². The Morgan fingerprint density at radius 3 is 1.30 bits per heavy atom. The van der Waals surface area contributed by atoms with Gasteiger partial charge in [-0.05, 0) is 70.4 Å². The summed E-state index contributed by atoms with van der Waals surface area (Å²) in [5, 5.41) is 3.32. The van der Waals surface area contributed by atoms with E-state index in [0.717, 1.165) is 70.9 Å². The number of carbonyl (C=O) groups is 2. The Bertz CT molecular complexity index is 1090. The molecule has 0 radical (unpaired) electrons. The van der Waals surface area contributed by atoms with Crippen molar-refractivity contribution < 1.29 is 9.59 Å². The maximum absolute atomic E-state index is 13.9. The minimum atomic E-state index is -0.329. The van der Waals surface area contributed by atoms with Crippen LogP contribution in [0.15, 0.2) is 0 Å². The van der Waals surface area contributed by atoms with Crippen LogP contribution in [-0.4, -0.2) is 61.4 Å². The minimum Gasteiger partial charge on any atom is -0.354 e. The van der Waals surface area contributed by atoms with E-state index >= 15 is 0 Å². The van der Waals surface area contributed by atoms with E-state index < -0.39 is 0 Å². The van der Waals surface area contributed by atoms with Crippen molar-refractivity contribution in [1.82, 2.24) is 15.1 Å². The second-order valence-corrected chi connectivity index (χ2v) is 19.0. The zero-order valence-electron chi connectivity index (χ0n) is 40.8. The summed E-state index contributed by atoms with van der Waals surface area (Å²) in [7, 11) is 4.13. The summed E-state index contributed by atoms with van der Waals surface area (Å²) in [6.07, 6.45) is 50.0. The number of likely N-dealkylation sites (N-methyl/N-ethyl adjacent to an activating group) is 1. The average Bonchev–Trinajstić information content (AvgIpc) is 3.25. The number of rotatable bonds is 41. The van der Waals surface area contributed by atoms with Crippen LogP contribution in [0.25, 0.3) is 0 Å². The summed E-state index contributed by atoms with van der Waals surface area (Å²) in [6.45, 7) is 6.72. The normalized spacial score (nSPS) is 13.4. The van der Waals surface area contributed by atoms with Crippen molar-refractivity contribution in [1.29, 1.82) is 0 Å². The Balaban J connectivity index is 2.30. The molecule has 1 N–H and O–H groups in total. The van der Waals surface area contributed by atoms with Gasteiger partial charge in [-0.15, -0.1) is 0 Å². The summed E-state index contributed by atoms with van der Waals surface area (Å²) in [4.78, 5) is 32.0. The molecule has 1 aliphatic rings. The molecule has 1 atom stereocenters. The van der Waals surface area contributed by atoms with E-state index in [-0.39, 0.29) is 23.8 Å². The molecular weight excluding hydrogens is 735 g/mol. The highest BCUT2D eigenvalue weighted by molar-refractivity contribution is 5.88. The first kappa shape index (κ1) is 56.0. The summed E-state index contributed by atoms with van der Waals surface area (Å²) in [5.41, 5.74) is 0. The fourth-order valence-electron chi connectivity index (χ4n) is 9.03. The Labute approximate surface area is 375 Å². The molecule has 0 spiro atoms. The lowest BCUT2D eigenvalue weighted by atomic mass is 9.82. The van der Waals surface area contributed by atoms with Crippen molar-refractivity contribution in [2.45, 2.75) is 277 Å². The smallest absolute Gasteiger partial charge is 0.243 e. The van der Waals surface area contributed by atoms with Gasteiger partial charge in [0.1, 0.15) is 6.04 Å². The number of nitrogens with one attached hydrogen (secondary N) is 1. The van der Waals surface area contributed by atoms with Crippen LogP contribution in [-0.2, 0) is 9.59 Å². The highest BCUT2D eigenvalue weighted by atomic mass is 16.2. The molecule has 0 aromatic heterocycles. The Morgan fingerprint density at radius 1 is 0.500 bits per heavy atom. The first-order chi connectivity index (χ1) is 29.5. The lowest BCUT2D eigenvalue weighted by Gasteiger charge is -2.38. The van der Waals surface area contributed by atoms with Crippen molar-refractivity contribution in [2.75, 3.05) is 33.7 Å². The zero-order chi connectivity index (χ0) is 43.4. The van der Waals surface area contributed by atoms with Gasteiger partial charge in [-0.25, -0.2) is 0 Å². The fourth-order valence-corrected chi connectivity index (χ4v) is 9.03. The third-order valence-corrected chi connectivity index (χ3v) is 13.0. The standard InChI is InChI=1S/C55H101N3O2/c1-5-7-9-11-13-15-17-19-21-23-24-25-26-27-28-29-31-33-35-37-39-44-48-53(59)58(51-50-57(3)4)54(52-46-42-41-43-47-52)55(60)56-49-45-40-38-36-34-32-30-22-20-18-16-14-12-10-8-6-2/h52,54H,5-24,29-51H2,1-4H3,(H,56,60). The molecule has 5 heteroatoms. The van der Waals surface area contributed by atoms with Gasteiger partial charge < -0.3 is 15.1 Å². The molecule has 1 saturated carbocycles. The van der Waals surface area contributed by atoms with Gasteiger partial charge in [0.15, 0.2) is 0 Å². The van der Waals surface area contributed by atoms with Gasteiger partial charge >= 0.3 is 0 Å². The highest BCUT2D eigenvalue weighted by Crippen LogP contribution is 2.30. The minimum absolute atomic E-state index is 0.0955. The van der Waals surface area contributed by atoms with Crippen molar-refractivity contribution in [2.24, 2.45) is 5.92 Å². The summed E-state index contributed by atoms with van der Waals surface area (Å²) in [6, 6.07) is -0.329. The van der Waals surface area contributed by atoms with E-state index in [1.807, 2.05) is 4.90 Å². The molecule has 5 nitrogen and oxygen atoms in total. The molecule has 1 unspecified atom stereocenters. The lowest BCUT2D eigenvalue weighted by molar-refractivity contribution is -0.143. The van der Waals surface area contributed by atoms with Gasteiger partial charge in [0.25, 0.3) is 0 Å². The second-order valence-electron chi connectivity index (χ2n) is 19.0. The number of hydrogen-bond donors (Lipinski definition) is 1. The van der Waals surface area contributed by atoms with Crippen molar-refractivity contribution in [3.63, 3.8) is 0 Å². The van der Waals surface area contributed by atoms with E-state index in [0.29, 0.717) is 13.0 Å². The number of amides is 2. The molecule has 0 saturated heterocycles. The van der Waals surface area contributed by atoms with Crippen LogP contribution in [0, 0.1) is 29.6 Å². The summed E-state index contributed by atoms with van der Waals surface area (Å²) in [5.74, 6) is 13.2. The SMILES string of the molecule is CCCCCCCCCCCCC#CC#CCCCCCCCCC(=O)N(CCN(C)C)C(C(=O)NCCCCCCCCCCCCCCCCCC)C1CCCCC1. The van der Waals surface area contributed by atoms with Crippen molar-refractivity contribution in [3.8, 4) is 23.7 Å². The Hall–Kier alpha value is -1.98. The van der Waals surface area contributed by atoms with Gasteiger partial charge in [-0.1, -0.05) is 225 Å². The molecule has 0 aliphatic heterocycles. The molecule has 0 bridgehead atoms. The third-order valence-electron chi connectivity index (χ3n) is 13.0. The first-order valence-electron chi connectivity index (χ1n) is 26.7. The lowest BCUT2D eigenvalue weighted by Crippen LogP contribution is -2.55. The molecule has 0 aromatic carbocycles. The number of hydrogen-bond acceptors (Lipinski definition) is 3. The van der Waals surface area contributed by atoms with E-state index in [4.69, 9.17) is 0 Å². The van der Waals surface area contributed by atoms with Crippen LogP contribution >= 0.6 is 0 Å². The number of carbonyl (C=O) groups excluding carboxylic acids is 2. The average molecular weight is 836 g/mol. The van der Waals surface area contributed by atoms with Crippen LogP contribution in [0.2, 0.25) is 0 Å². The predicted molar refractivity (Wildman–Crippen MR) is 262 cm³/mol. The quantitative estimate of drug-likeness (QED) is 0.0493. The highest BCUT2D eigenvalue weighted by Gasteiger charge is 2.36. The molecule has 2 amide bonds. The van der Waals surface area contributed by atoms with Crippen molar-refractivity contribution in [3.05, 3.63) is 0 Å². The van der Waals surface area contributed by atoms with Gasteiger partial charge in [0.2, 0.25) is 11.8 Å². The van der Waals surface area contributed by atoms with Gasteiger partial charge in [0, 0.05) is 38.9 Å². The zero-order valence-corrected chi connectivity index (χ0v) is 40.8. The molecule has 1 aliphatic carbocycles. The van der Waals surface area contributed by atoms with E-state index in [1.165, 1.54) is 193 Å². The summed E-state index contributed by atoms with van der Waals surface area (Å²) >= 11 is 0. The first-order valence-corrected chi connectivity index (χ1v) is 26.7. The molecule has 60 heavy (non-hydrogen) atoms. The van der Waals surface area contributed by atoms with E-state index in [2.05, 4.69) is 61.8 Å². The second kappa shape index (κ2) is 43.7. The van der Waals surface area contributed by atoms with Crippen LogP contribution in [0.1, 0.15) is 271 Å². The molecule has 1 fully saturated rings. The third kappa shape index (κ3) is 34.6. The summed E-state index contributed by atoms with van der Waals surface area (Å²) < 4.78 is 0. The largest absolute Gasteiger partial charge is 0.354 e. The Kier molecular flexibility index (Phi) is 40.8. The van der Waals surface area contributed by atoms with Gasteiger partial charge in [0.05, 0.1) is 0 Å². The van der Waals surface area contributed by atoms with Crippen LogP contribution < -0.4 is 5.32 Å². The molecular formula is C55H101N3O2. The van der Waals surface area contributed by atoms with Gasteiger partial charge in [-0.3, -0.25) is 9.59 Å². The van der Waals surface area contributed by atoms with Crippen LogP contribution in [0.4, 0.5) is 0 Å². The monoisotopic (exact) mass is 836 g/mol. The maximum atomic E-state index is 13.9. The number of nitrogens with zero attached hydrogens (tertiary/aromatic N) is 2. The van der Waals surface area contributed by atoms with E-state index in [9.17, 15) is 9.59 Å². The Morgan fingerprint density at radius 2 is 0.883 bits per heavy atom. The fraction of sp³-hybridized carbons (Fsp3) is 0.891. The maximum Gasteiger partial charge on any atom is 0.243 e. The molecule has 0 aromatic rings. The molecule has 1 rings (SSSR count). The number of unbranched alkanes of at least 4 members (excludes halogenated alkanes) is 31. The van der Waals surface area contributed by atoms with E-state index in [1.54, 1.807) is 0 Å². The topological polar surface area (TPSA) is 52.7 Å². The molecule has 348 valence electrons. The molecule has 0 heterocycles.